The van der Waals surface area contributed by atoms with Gasteiger partial charge in [0.15, 0.2) is 0 Å². The van der Waals surface area contributed by atoms with Gasteiger partial charge >= 0.3 is 13.5 Å². The Morgan fingerprint density at radius 1 is 1.05 bits per heavy atom. The number of methoxy groups -OCH3 is 1. The fraction of sp³-hybridized carbons (Fsp3) is 0.439. The lowest BCUT2D eigenvalue weighted by atomic mass is 9.91. The van der Waals surface area contributed by atoms with E-state index in [4.69, 9.17) is 14.0 Å². The second-order valence-corrected chi connectivity index (χ2v) is 18.1. The van der Waals surface area contributed by atoms with Gasteiger partial charge in [0.05, 0.1) is 24.8 Å². The largest absolute Gasteiger partial charge is 0.481 e. The summed E-state index contributed by atoms with van der Waals surface area (Å²) in [6, 6.07) is 14.8. The first-order valence-electron chi connectivity index (χ1n) is 19.4. The summed E-state index contributed by atoms with van der Waals surface area (Å²) in [6.45, 7) is 4.40. The number of pyridine rings is 1. The van der Waals surface area contributed by atoms with E-state index in [2.05, 4.69) is 15.4 Å². The number of hydrogen-bond acceptors (Lipinski definition) is 10. The Labute approximate surface area is 334 Å². The average Bonchev–Trinajstić information content (AvgIpc) is 3.77. The third-order valence-corrected chi connectivity index (χ3v) is 13.9. The fourth-order valence-corrected chi connectivity index (χ4v) is 10.8. The van der Waals surface area contributed by atoms with Gasteiger partial charge in [0.1, 0.15) is 29.7 Å². The molecule has 2 unspecified atom stereocenters. The number of likely N-dealkylation sites (tertiary alicyclic amines) is 1. The molecule has 3 amide bonds. The van der Waals surface area contributed by atoms with Crippen LogP contribution in [-0.2, 0) is 29.8 Å². The van der Waals surface area contributed by atoms with Crippen LogP contribution in [-0.4, -0.2) is 89.4 Å². The predicted molar refractivity (Wildman–Crippen MR) is 213 cm³/mol. The molecule has 16 heteroatoms. The molecule has 0 radical (unpaired) electrons. The summed E-state index contributed by atoms with van der Waals surface area (Å²) in [6.07, 6.45) is 5.22. The molecule has 2 N–H and O–H groups in total. The highest BCUT2D eigenvalue weighted by atomic mass is 32.1. The third-order valence-electron chi connectivity index (χ3n) is 10.8. The van der Waals surface area contributed by atoms with Crippen molar-refractivity contribution >= 4 is 52.6 Å². The van der Waals surface area contributed by atoms with Crippen molar-refractivity contribution in [3.05, 3.63) is 88.7 Å². The molecule has 3 aliphatic heterocycles. The monoisotopic (exact) mass is 819 g/mol. The van der Waals surface area contributed by atoms with E-state index in [1.807, 2.05) is 31.2 Å². The highest BCUT2D eigenvalue weighted by Gasteiger charge is 2.48. The minimum atomic E-state index is -3.70. The first kappa shape index (κ1) is 40.4. The van der Waals surface area contributed by atoms with Crippen molar-refractivity contribution in [1.29, 1.82) is 0 Å². The smallest absolute Gasteiger partial charge is 0.323 e. The van der Waals surface area contributed by atoms with E-state index in [0.717, 1.165) is 22.9 Å². The molecule has 0 saturated carbocycles. The number of hydrogen-bond donors (Lipinski definition) is 2. The second kappa shape index (κ2) is 17.3. The number of para-hydroxylation sites is 1. The summed E-state index contributed by atoms with van der Waals surface area (Å²) < 4.78 is 46.1. The normalized spacial score (nSPS) is 21.2. The van der Waals surface area contributed by atoms with Gasteiger partial charge in [0.2, 0.25) is 17.7 Å². The molecule has 3 aliphatic rings. The Morgan fingerprint density at radius 2 is 1.84 bits per heavy atom. The summed E-state index contributed by atoms with van der Waals surface area (Å²) in [5.41, 5.74) is 1.10. The first-order chi connectivity index (χ1) is 27.4. The van der Waals surface area contributed by atoms with Crippen molar-refractivity contribution in [2.24, 2.45) is 0 Å². The van der Waals surface area contributed by atoms with Gasteiger partial charge in [0, 0.05) is 47.6 Å². The molecule has 302 valence electrons. The zero-order valence-electron chi connectivity index (χ0n) is 32.1. The van der Waals surface area contributed by atoms with Gasteiger partial charge < -0.3 is 29.1 Å². The molecule has 0 spiro atoms. The topological polar surface area (TPSA) is 156 Å². The molecule has 7 rings (SSSR count). The number of nitrogens with one attached hydrogen (secondary N) is 2. The van der Waals surface area contributed by atoms with Crippen LogP contribution in [0.4, 0.5) is 4.39 Å². The standard InChI is InChI=1S/C41H47FN5O8PS/c1-4-17-54-41(51)25(2)45-56(52,55-30-10-6-5-7-11-30)24-26-13-16-35-27(18-26)19-36(57-35)38(48)44-33-12-8-9-29-14-15-34(47(29)39(33)49)40(50)46-22-28(23-46)31-21-43-37(53-3)20-32(31)42/h5-7,10-11,13,16,18-21,25,28-29,33-34H,4,8-9,12,14-15,17,22-24H2,1-3H3,(H,44,48)(H,45,52)/t25-,29?,33-,34-,56?/m0/s1. The number of carbonyl (C=O) groups is 4. The lowest BCUT2D eigenvalue weighted by Gasteiger charge is -2.42. The SMILES string of the molecule is CCCOC(=O)[C@H](C)NP(=O)(Cc1ccc2sc(C(=O)N[C@H]3CCCC4CC[C@@H](C(=O)N5CC(c6cnc(OC)cc6F)C5)N4C3=O)cc2c1)Oc1ccccc1. The highest BCUT2D eigenvalue weighted by Crippen LogP contribution is 2.47. The van der Waals surface area contributed by atoms with Crippen molar-refractivity contribution in [2.75, 3.05) is 26.8 Å². The number of nitrogens with zero attached hydrogens (tertiary/aromatic N) is 3. The highest BCUT2D eigenvalue weighted by molar-refractivity contribution is 7.56. The van der Waals surface area contributed by atoms with E-state index < -0.39 is 43.3 Å². The van der Waals surface area contributed by atoms with E-state index in [0.29, 0.717) is 60.5 Å². The number of benzene rings is 2. The molecule has 2 aromatic heterocycles. The van der Waals surface area contributed by atoms with Crippen molar-refractivity contribution < 1.29 is 42.1 Å². The maximum atomic E-state index is 14.7. The zero-order chi connectivity index (χ0) is 40.3. The first-order valence-corrected chi connectivity index (χ1v) is 22.0. The van der Waals surface area contributed by atoms with Crippen LogP contribution >= 0.6 is 18.9 Å². The van der Waals surface area contributed by atoms with E-state index in [1.54, 1.807) is 47.1 Å². The molecule has 3 fully saturated rings. The number of thiophene rings is 1. The van der Waals surface area contributed by atoms with Gasteiger partial charge in [0.25, 0.3) is 5.91 Å². The third kappa shape index (κ3) is 9.00. The fourth-order valence-electron chi connectivity index (χ4n) is 7.84. The molecule has 5 heterocycles. The molecule has 2 aromatic carbocycles. The molecule has 4 aromatic rings. The van der Waals surface area contributed by atoms with Crippen LogP contribution in [0.1, 0.15) is 79.1 Å². The molecule has 5 atom stereocenters. The molecule has 0 bridgehead atoms. The number of amides is 3. The number of halogens is 1. The second-order valence-electron chi connectivity index (χ2n) is 14.9. The quantitative estimate of drug-likeness (QED) is 0.108. The van der Waals surface area contributed by atoms with Crippen LogP contribution in [0.25, 0.3) is 10.1 Å². The van der Waals surface area contributed by atoms with Crippen LogP contribution in [0.15, 0.2) is 66.9 Å². The molecule has 57 heavy (non-hydrogen) atoms. The van der Waals surface area contributed by atoms with E-state index in [-0.39, 0.29) is 42.4 Å². The molecular formula is C41H47FN5O8PS. The maximum absolute atomic E-state index is 14.7. The Hall–Kier alpha value is -4.85. The minimum Gasteiger partial charge on any atom is -0.481 e. The molecule has 0 aliphatic carbocycles. The van der Waals surface area contributed by atoms with Crippen LogP contribution in [0.3, 0.4) is 0 Å². The summed E-state index contributed by atoms with van der Waals surface area (Å²) >= 11 is 1.28. The number of carbonyl (C=O) groups excluding carboxylic acids is 4. The lowest BCUT2D eigenvalue weighted by molar-refractivity contribution is -0.148. The summed E-state index contributed by atoms with van der Waals surface area (Å²) in [5.74, 6) is -1.39. The van der Waals surface area contributed by atoms with Crippen LogP contribution in [0.2, 0.25) is 0 Å². The number of rotatable bonds is 14. The Morgan fingerprint density at radius 3 is 2.58 bits per heavy atom. The van der Waals surface area contributed by atoms with Crippen LogP contribution < -0.4 is 19.7 Å². The Balaban J connectivity index is 1.01. The summed E-state index contributed by atoms with van der Waals surface area (Å²) in [4.78, 5) is 62.0. The van der Waals surface area contributed by atoms with Gasteiger partial charge in [-0.1, -0.05) is 31.2 Å². The summed E-state index contributed by atoms with van der Waals surface area (Å²) in [5, 5.41) is 6.61. The van der Waals surface area contributed by atoms with Gasteiger partial charge in [-0.05, 0) is 86.7 Å². The number of fused-ring (bicyclic) bond motifs is 2. The maximum Gasteiger partial charge on any atom is 0.323 e. The van der Waals surface area contributed by atoms with Crippen LogP contribution in [0, 0.1) is 5.82 Å². The number of aromatic nitrogens is 1. The van der Waals surface area contributed by atoms with Crippen molar-refractivity contribution in [1.82, 2.24) is 25.2 Å². The van der Waals surface area contributed by atoms with Gasteiger partial charge in [-0.3, -0.25) is 23.7 Å². The summed E-state index contributed by atoms with van der Waals surface area (Å²) in [7, 11) is -2.28. The minimum absolute atomic E-state index is 0.0399. The van der Waals surface area contributed by atoms with Gasteiger partial charge in [-0.2, -0.15) is 0 Å². The molecular weight excluding hydrogens is 773 g/mol. The predicted octanol–water partition coefficient (Wildman–Crippen LogP) is 6.42. The number of esters is 1. The van der Waals surface area contributed by atoms with Crippen molar-refractivity contribution in [2.45, 2.75) is 88.6 Å². The van der Waals surface area contributed by atoms with E-state index >= 15 is 0 Å². The van der Waals surface area contributed by atoms with Gasteiger partial charge in [-0.15, -0.1) is 11.3 Å². The molecule has 13 nitrogen and oxygen atoms in total. The Kier molecular flexibility index (Phi) is 12.3. The van der Waals surface area contributed by atoms with E-state index in [1.165, 1.54) is 30.7 Å². The van der Waals surface area contributed by atoms with Gasteiger partial charge in [-0.25, -0.2) is 14.5 Å². The van der Waals surface area contributed by atoms with Crippen LogP contribution in [0.5, 0.6) is 11.6 Å². The lowest BCUT2D eigenvalue weighted by Crippen LogP contribution is -2.58. The van der Waals surface area contributed by atoms with Crippen molar-refractivity contribution in [3.8, 4) is 11.6 Å². The molecule has 3 saturated heterocycles. The number of ether oxygens (including phenoxy) is 2. The van der Waals surface area contributed by atoms with E-state index in [9.17, 15) is 28.1 Å². The van der Waals surface area contributed by atoms with Crippen molar-refractivity contribution in [3.63, 3.8) is 0 Å². The average molecular weight is 820 g/mol. The Bertz CT molecular complexity index is 2180. The zero-order valence-corrected chi connectivity index (χ0v) is 33.9.